The van der Waals surface area contributed by atoms with Crippen LogP contribution in [0.3, 0.4) is 0 Å². The number of nitrogens with zero attached hydrogens (tertiary/aromatic N) is 1. The summed E-state index contributed by atoms with van der Waals surface area (Å²) in [6.45, 7) is 5.87. The highest BCUT2D eigenvalue weighted by Crippen LogP contribution is 2.17. The van der Waals surface area contributed by atoms with Crippen LogP contribution in [-0.4, -0.2) is 43.0 Å². The number of carbonyl (C=O) groups is 1. The first-order chi connectivity index (χ1) is 6.91. The minimum absolute atomic E-state index is 0.187. The molecule has 0 aliphatic carbocycles. The summed E-state index contributed by atoms with van der Waals surface area (Å²) >= 11 is 0. The molecular formula is C9H18N2O3S. The molecule has 88 valence electrons. The molecule has 0 bridgehead atoms. The van der Waals surface area contributed by atoms with Crippen LogP contribution in [0.5, 0.6) is 0 Å². The van der Waals surface area contributed by atoms with E-state index in [4.69, 9.17) is 0 Å². The van der Waals surface area contributed by atoms with Gasteiger partial charge in [0.15, 0.2) is 0 Å². The molecule has 1 unspecified atom stereocenters. The van der Waals surface area contributed by atoms with Crippen molar-refractivity contribution in [3.63, 3.8) is 0 Å². The molecule has 5 nitrogen and oxygen atoms in total. The molecule has 0 saturated carbocycles. The van der Waals surface area contributed by atoms with Crippen LogP contribution in [0.15, 0.2) is 0 Å². The summed E-state index contributed by atoms with van der Waals surface area (Å²) in [4.78, 5) is 11.5. The van der Waals surface area contributed by atoms with Gasteiger partial charge in [-0.15, -0.1) is 0 Å². The maximum Gasteiger partial charge on any atom is 0.238 e. The Morgan fingerprint density at radius 2 is 2.13 bits per heavy atom. The number of hydrogen-bond donors (Lipinski definition) is 1. The van der Waals surface area contributed by atoms with E-state index < -0.39 is 21.3 Å². The van der Waals surface area contributed by atoms with Crippen LogP contribution in [0.25, 0.3) is 0 Å². The van der Waals surface area contributed by atoms with Crippen molar-refractivity contribution in [3.05, 3.63) is 0 Å². The van der Waals surface area contributed by atoms with Gasteiger partial charge >= 0.3 is 0 Å². The van der Waals surface area contributed by atoms with E-state index in [1.165, 1.54) is 4.31 Å². The lowest BCUT2D eigenvalue weighted by Gasteiger charge is -2.34. The average molecular weight is 234 g/mol. The van der Waals surface area contributed by atoms with Crippen molar-refractivity contribution in [2.45, 2.75) is 38.5 Å². The van der Waals surface area contributed by atoms with E-state index >= 15 is 0 Å². The van der Waals surface area contributed by atoms with Crippen molar-refractivity contribution in [1.82, 2.24) is 9.62 Å². The van der Waals surface area contributed by atoms with Gasteiger partial charge in [-0.2, -0.15) is 4.31 Å². The molecule has 1 aliphatic heterocycles. The van der Waals surface area contributed by atoms with E-state index in [1.54, 1.807) is 13.8 Å². The van der Waals surface area contributed by atoms with Crippen molar-refractivity contribution in [2.24, 2.45) is 0 Å². The number of carbonyl (C=O) groups excluding carboxylic acids is 1. The number of sulfonamides is 1. The predicted molar refractivity (Wildman–Crippen MR) is 57.9 cm³/mol. The molecule has 0 aromatic heterocycles. The molecule has 1 atom stereocenters. The molecule has 1 fully saturated rings. The predicted octanol–water partition coefficient (Wildman–Crippen LogP) is -0.0650. The molecule has 1 N–H and O–H groups in total. The molecule has 1 rings (SSSR count). The summed E-state index contributed by atoms with van der Waals surface area (Å²) in [6.07, 6.45) is 0.512. The van der Waals surface area contributed by atoms with Crippen LogP contribution in [-0.2, 0) is 14.8 Å². The molecule has 6 heteroatoms. The SMILES string of the molecule is CCC1C(=O)NCCN1S(=O)(=O)C(C)C. The van der Waals surface area contributed by atoms with Gasteiger partial charge in [-0.3, -0.25) is 4.79 Å². The zero-order valence-electron chi connectivity index (χ0n) is 9.36. The van der Waals surface area contributed by atoms with Gasteiger partial charge in [0.25, 0.3) is 0 Å². The number of hydrogen-bond acceptors (Lipinski definition) is 3. The lowest BCUT2D eigenvalue weighted by molar-refractivity contribution is -0.126. The largest absolute Gasteiger partial charge is 0.353 e. The Bertz CT molecular complexity index is 337. The van der Waals surface area contributed by atoms with Gasteiger partial charge in [0, 0.05) is 13.1 Å². The zero-order chi connectivity index (χ0) is 11.6. The second-order valence-corrected chi connectivity index (χ2v) is 6.36. The highest BCUT2D eigenvalue weighted by Gasteiger charge is 2.37. The summed E-state index contributed by atoms with van der Waals surface area (Å²) in [5.74, 6) is -0.187. The average Bonchev–Trinajstić information content (AvgIpc) is 2.17. The molecule has 1 heterocycles. The van der Waals surface area contributed by atoms with Gasteiger partial charge in [0.2, 0.25) is 15.9 Å². The van der Waals surface area contributed by atoms with Crippen LogP contribution in [0.4, 0.5) is 0 Å². The first kappa shape index (κ1) is 12.4. The summed E-state index contributed by atoms with van der Waals surface area (Å²) in [5.41, 5.74) is 0. The third kappa shape index (κ3) is 2.31. The minimum Gasteiger partial charge on any atom is -0.353 e. The molecule has 1 saturated heterocycles. The Hall–Kier alpha value is -0.620. The van der Waals surface area contributed by atoms with Gasteiger partial charge in [0.1, 0.15) is 6.04 Å². The van der Waals surface area contributed by atoms with E-state index in [0.717, 1.165) is 0 Å². The van der Waals surface area contributed by atoms with Crippen molar-refractivity contribution < 1.29 is 13.2 Å². The summed E-state index contributed by atoms with van der Waals surface area (Å²) in [6, 6.07) is -0.536. The van der Waals surface area contributed by atoms with Crippen LogP contribution in [0.1, 0.15) is 27.2 Å². The number of amides is 1. The van der Waals surface area contributed by atoms with Crippen molar-refractivity contribution in [2.75, 3.05) is 13.1 Å². The molecule has 0 aromatic carbocycles. The van der Waals surface area contributed by atoms with E-state index in [0.29, 0.717) is 19.5 Å². The highest BCUT2D eigenvalue weighted by atomic mass is 32.2. The summed E-state index contributed by atoms with van der Waals surface area (Å²) in [5, 5.41) is 2.20. The smallest absolute Gasteiger partial charge is 0.238 e. The first-order valence-corrected chi connectivity index (χ1v) is 6.70. The number of piperazine rings is 1. The van der Waals surface area contributed by atoms with Gasteiger partial charge in [0.05, 0.1) is 5.25 Å². The number of rotatable bonds is 3. The quantitative estimate of drug-likeness (QED) is 0.743. The topological polar surface area (TPSA) is 66.5 Å². The Kier molecular flexibility index (Phi) is 3.72. The van der Waals surface area contributed by atoms with Gasteiger partial charge < -0.3 is 5.32 Å². The van der Waals surface area contributed by atoms with Crippen molar-refractivity contribution in [3.8, 4) is 0 Å². The van der Waals surface area contributed by atoms with Crippen LogP contribution in [0, 0.1) is 0 Å². The Morgan fingerprint density at radius 1 is 1.53 bits per heavy atom. The molecule has 15 heavy (non-hydrogen) atoms. The fourth-order valence-corrected chi connectivity index (χ4v) is 3.14. The molecule has 0 spiro atoms. The van der Waals surface area contributed by atoms with E-state index in [9.17, 15) is 13.2 Å². The second kappa shape index (κ2) is 4.49. The lowest BCUT2D eigenvalue weighted by atomic mass is 10.2. The monoisotopic (exact) mass is 234 g/mol. The third-order valence-corrected chi connectivity index (χ3v) is 4.87. The van der Waals surface area contributed by atoms with Crippen molar-refractivity contribution >= 4 is 15.9 Å². The Balaban J connectivity index is 2.97. The fourth-order valence-electron chi connectivity index (χ4n) is 1.66. The van der Waals surface area contributed by atoms with Crippen LogP contribution >= 0.6 is 0 Å². The standard InChI is InChI=1S/C9H18N2O3S/c1-4-8-9(12)10-5-6-11(8)15(13,14)7(2)3/h7-8H,4-6H2,1-3H3,(H,10,12). The van der Waals surface area contributed by atoms with Gasteiger partial charge in [-0.05, 0) is 20.3 Å². The fraction of sp³-hybridized carbons (Fsp3) is 0.889. The summed E-state index contributed by atoms with van der Waals surface area (Å²) in [7, 11) is -3.32. The number of nitrogens with one attached hydrogen (secondary N) is 1. The van der Waals surface area contributed by atoms with E-state index in [2.05, 4.69) is 5.32 Å². The van der Waals surface area contributed by atoms with E-state index in [1.807, 2.05) is 6.92 Å². The maximum atomic E-state index is 11.9. The first-order valence-electron chi connectivity index (χ1n) is 5.19. The molecule has 0 radical (unpaired) electrons. The molecule has 0 aromatic rings. The van der Waals surface area contributed by atoms with Gasteiger partial charge in [-0.25, -0.2) is 8.42 Å². The summed E-state index contributed by atoms with van der Waals surface area (Å²) < 4.78 is 25.2. The minimum atomic E-state index is -3.32. The van der Waals surface area contributed by atoms with Crippen molar-refractivity contribution in [1.29, 1.82) is 0 Å². The van der Waals surface area contributed by atoms with Crippen LogP contribution < -0.4 is 5.32 Å². The third-order valence-electron chi connectivity index (χ3n) is 2.59. The Morgan fingerprint density at radius 3 is 2.60 bits per heavy atom. The maximum absolute atomic E-state index is 11.9. The van der Waals surface area contributed by atoms with Crippen LogP contribution in [0.2, 0.25) is 0 Å². The Labute approximate surface area is 90.9 Å². The zero-order valence-corrected chi connectivity index (χ0v) is 10.2. The van der Waals surface area contributed by atoms with E-state index in [-0.39, 0.29) is 5.91 Å². The second-order valence-electron chi connectivity index (χ2n) is 3.92. The van der Waals surface area contributed by atoms with Gasteiger partial charge in [-0.1, -0.05) is 6.92 Å². The normalized spacial score (nSPS) is 24.3. The lowest BCUT2D eigenvalue weighted by Crippen LogP contribution is -2.58. The highest BCUT2D eigenvalue weighted by molar-refractivity contribution is 7.89. The molecule has 1 aliphatic rings. The molecule has 1 amide bonds. The molecular weight excluding hydrogens is 216 g/mol.